The minimum Gasteiger partial charge on any atom is -0.496 e. The Kier molecular flexibility index (Phi) is 2.31. The van der Waals surface area contributed by atoms with Gasteiger partial charge in [0.15, 0.2) is 0 Å². The third-order valence-electron chi connectivity index (χ3n) is 2.04. The van der Waals surface area contributed by atoms with E-state index in [9.17, 15) is 0 Å². The molecule has 1 aromatic heterocycles. The van der Waals surface area contributed by atoms with Crippen LogP contribution < -0.4 is 5.73 Å². The molecule has 2 heterocycles. The lowest BCUT2D eigenvalue weighted by molar-refractivity contribution is 0.218. The SMILES string of the molecule is NC(Cn1cccn1)C1=CCCO1. The van der Waals surface area contributed by atoms with Crippen molar-refractivity contribution in [2.24, 2.45) is 5.73 Å². The third-order valence-corrected chi connectivity index (χ3v) is 2.04. The minimum absolute atomic E-state index is 0.0672. The molecule has 13 heavy (non-hydrogen) atoms. The van der Waals surface area contributed by atoms with Gasteiger partial charge in [0, 0.05) is 18.8 Å². The molecule has 2 rings (SSSR count). The van der Waals surface area contributed by atoms with Crippen molar-refractivity contribution in [3.63, 3.8) is 0 Å². The van der Waals surface area contributed by atoms with E-state index in [1.165, 1.54) is 0 Å². The highest BCUT2D eigenvalue weighted by atomic mass is 16.5. The molecule has 2 N–H and O–H groups in total. The van der Waals surface area contributed by atoms with Crippen molar-refractivity contribution in [2.45, 2.75) is 19.0 Å². The summed E-state index contributed by atoms with van der Waals surface area (Å²) in [5.74, 6) is 0.899. The van der Waals surface area contributed by atoms with Crippen LogP contribution in [0.1, 0.15) is 6.42 Å². The van der Waals surface area contributed by atoms with E-state index in [-0.39, 0.29) is 6.04 Å². The lowest BCUT2D eigenvalue weighted by Crippen LogP contribution is -2.28. The molecule has 4 nitrogen and oxygen atoms in total. The van der Waals surface area contributed by atoms with E-state index in [1.807, 2.05) is 23.0 Å². The van der Waals surface area contributed by atoms with Crippen molar-refractivity contribution in [1.82, 2.24) is 9.78 Å². The predicted octanol–water partition coefficient (Wildman–Crippen LogP) is 0.515. The summed E-state index contributed by atoms with van der Waals surface area (Å²) < 4.78 is 7.17. The minimum atomic E-state index is -0.0672. The van der Waals surface area contributed by atoms with Crippen LogP contribution in [0.25, 0.3) is 0 Å². The molecule has 0 amide bonds. The largest absolute Gasteiger partial charge is 0.496 e. The highest BCUT2D eigenvalue weighted by Gasteiger charge is 2.14. The molecule has 0 aromatic carbocycles. The molecule has 1 atom stereocenters. The molecule has 70 valence electrons. The fourth-order valence-corrected chi connectivity index (χ4v) is 1.40. The maximum absolute atomic E-state index is 5.92. The molecule has 0 fully saturated rings. The number of nitrogens with two attached hydrogens (primary N) is 1. The molecular formula is C9H13N3O. The highest BCUT2D eigenvalue weighted by molar-refractivity contribution is 5.05. The number of rotatable bonds is 3. The average molecular weight is 179 g/mol. The molecular weight excluding hydrogens is 166 g/mol. The zero-order valence-corrected chi connectivity index (χ0v) is 7.39. The quantitative estimate of drug-likeness (QED) is 0.735. The second-order valence-electron chi connectivity index (χ2n) is 3.08. The van der Waals surface area contributed by atoms with Crippen molar-refractivity contribution < 1.29 is 4.74 Å². The highest BCUT2D eigenvalue weighted by Crippen LogP contribution is 2.12. The summed E-state index contributed by atoms with van der Waals surface area (Å²) in [6.45, 7) is 1.45. The van der Waals surface area contributed by atoms with Gasteiger partial charge in [-0.05, 0) is 12.1 Å². The number of ether oxygens (including phenoxy) is 1. The van der Waals surface area contributed by atoms with Crippen LogP contribution in [0, 0.1) is 0 Å². The summed E-state index contributed by atoms with van der Waals surface area (Å²) in [5.41, 5.74) is 5.92. The predicted molar refractivity (Wildman–Crippen MR) is 48.9 cm³/mol. The van der Waals surface area contributed by atoms with Crippen LogP contribution in [-0.2, 0) is 11.3 Å². The maximum Gasteiger partial charge on any atom is 0.111 e. The smallest absolute Gasteiger partial charge is 0.111 e. The molecule has 1 aliphatic rings. The third kappa shape index (κ3) is 1.89. The molecule has 1 unspecified atom stereocenters. The standard InChI is InChI=1S/C9H13N3O/c10-8(9-3-1-6-13-9)7-12-5-2-4-11-12/h2-5,8H,1,6-7,10H2. The van der Waals surface area contributed by atoms with E-state index < -0.39 is 0 Å². The molecule has 0 bridgehead atoms. The Morgan fingerprint density at radius 1 is 1.69 bits per heavy atom. The Labute approximate surface area is 77.0 Å². The second-order valence-corrected chi connectivity index (χ2v) is 3.08. The van der Waals surface area contributed by atoms with Gasteiger partial charge < -0.3 is 10.5 Å². The molecule has 0 spiro atoms. The summed E-state index contributed by atoms with van der Waals surface area (Å²) in [6.07, 6.45) is 6.67. The van der Waals surface area contributed by atoms with Gasteiger partial charge in [0.1, 0.15) is 5.76 Å². The van der Waals surface area contributed by atoms with Crippen molar-refractivity contribution in [3.05, 3.63) is 30.3 Å². The zero-order valence-electron chi connectivity index (χ0n) is 7.39. The van der Waals surface area contributed by atoms with Crippen molar-refractivity contribution >= 4 is 0 Å². The van der Waals surface area contributed by atoms with E-state index in [4.69, 9.17) is 10.5 Å². The van der Waals surface area contributed by atoms with Gasteiger partial charge in [-0.25, -0.2) is 0 Å². The van der Waals surface area contributed by atoms with Crippen molar-refractivity contribution in [3.8, 4) is 0 Å². The van der Waals surface area contributed by atoms with Crippen LogP contribution in [0.2, 0.25) is 0 Å². The van der Waals surface area contributed by atoms with Gasteiger partial charge in [0.05, 0.1) is 19.2 Å². The number of hydrogen-bond acceptors (Lipinski definition) is 3. The molecule has 1 aromatic rings. The van der Waals surface area contributed by atoms with E-state index in [1.54, 1.807) is 6.20 Å². The Hall–Kier alpha value is -1.29. The van der Waals surface area contributed by atoms with Gasteiger partial charge in [-0.3, -0.25) is 4.68 Å². The van der Waals surface area contributed by atoms with Gasteiger partial charge in [-0.2, -0.15) is 5.10 Å². The fourth-order valence-electron chi connectivity index (χ4n) is 1.40. The zero-order chi connectivity index (χ0) is 9.10. The van der Waals surface area contributed by atoms with Crippen LogP contribution in [0.4, 0.5) is 0 Å². The molecule has 0 aliphatic carbocycles. The van der Waals surface area contributed by atoms with E-state index >= 15 is 0 Å². The first-order chi connectivity index (χ1) is 6.36. The Bertz CT molecular complexity index is 292. The lowest BCUT2D eigenvalue weighted by atomic mass is 10.2. The summed E-state index contributed by atoms with van der Waals surface area (Å²) in [6, 6.07) is 1.82. The molecule has 0 saturated heterocycles. The fraction of sp³-hybridized carbons (Fsp3) is 0.444. The Morgan fingerprint density at radius 2 is 2.62 bits per heavy atom. The number of hydrogen-bond donors (Lipinski definition) is 1. The topological polar surface area (TPSA) is 53.1 Å². The molecule has 4 heteroatoms. The van der Waals surface area contributed by atoms with E-state index in [2.05, 4.69) is 5.10 Å². The van der Waals surface area contributed by atoms with Crippen molar-refractivity contribution in [2.75, 3.05) is 6.61 Å². The van der Waals surface area contributed by atoms with Gasteiger partial charge in [-0.1, -0.05) is 0 Å². The lowest BCUT2D eigenvalue weighted by Gasteiger charge is -2.12. The van der Waals surface area contributed by atoms with Gasteiger partial charge in [-0.15, -0.1) is 0 Å². The molecule has 0 saturated carbocycles. The number of nitrogens with zero attached hydrogens (tertiary/aromatic N) is 2. The second kappa shape index (κ2) is 3.62. The van der Waals surface area contributed by atoms with Crippen molar-refractivity contribution in [1.29, 1.82) is 0 Å². The van der Waals surface area contributed by atoms with Gasteiger partial charge in [0.25, 0.3) is 0 Å². The first kappa shape index (κ1) is 8.31. The summed E-state index contributed by atoms with van der Waals surface area (Å²) >= 11 is 0. The van der Waals surface area contributed by atoms with E-state index in [0.717, 1.165) is 18.8 Å². The first-order valence-electron chi connectivity index (χ1n) is 4.42. The summed E-state index contributed by atoms with van der Waals surface area (Å²) in [4.78, 5) is 0. The summed E-state index contributed by atoms with van der Waals surface area (Å²) in [5, 5.41) is 4.08. The van der Waals surface area contributed by atoms with Gasteiger partial charge >= 0.3 is 0 Å². The summed E-state index contributed by atoms with van der Waals surface area (Å²) in [7, 11) is 0. The maximum atomic E-state index is 5.92. The monoisotopic (exact) mass is 179 g/mol. The Morgan fingerprint density at radius 3 is 3.23 bits per heavy atom. The number of aromatic nitrogens is 2. The van der Waals surface area contributed by atoms with E-state index in [0.29, 0.717) is 6.54 Å². The van der Waals surface area contributed by atoms with Crippen LogP contribution in [0.5, 0.6) is 0 Å². The van der Waals surface area contributed by atoms with Crippen LogP contribution >= 0.6 is 0 Å². The molecule has 1 aliphatic heterocycles. The Balaban J connectivity index is 1.95. The average Bonchev–Trinajstić information content (AvgIpc) is 2.74. The van der Waals surface area contributed by atoms with Crippen LogP contribution in [0.15, 0.2) is 30.3 Å². The molecule has 0 radical (unpaired) electrons. The van der Waals surface area contributed by atoms with Crippen LogP contribution in [-0.4, -0.2) is 22.4 Å². The first-order valence-corrected chi connectivity index (χ1v) is 4.42. The van der Waals surface area contributed by atoms with Crippen LogP contribution in [0.3, 0.4) is 0 Å². The van der Waals surface area contributed by atoms with Gasteiger partial charge in [0.2, 0.25) is 0 Å². The normalized spacial score (nSPS) is 18.1.